The van der Waals surface area contributed by atoms with E-state index in [9.17, 15) is 13.6 Å². The number of nitrogens with zero attached hydrogens (tertiary/aromatic N) is 1. The van der Waals surface area contributed by atoms with Gasteiger partial charge in [0.25, 0.3) is 5.91 Å². The molecule has 3 aromatic rings. The maximum absolute atomic E-state index is 13.5. The Hall–Kier alpha value is -3.42. The van der Waals surface area contributed by atoms with Crippen LogP contribution < -0.4 is 20.3 Å². The lowest BCUT2D eigenvalue weighted by Crippen LogP contribution is -2.34. The average molecular weight is 373 g/mol. The van der Waals surface area contributed by atoms with E-state index < -0.39 is 17.5 Å². The molecule has 0 bridgehead atoms. The number of hydrazine groups is 1. The van der Waals surface area contributed by atoms with Gasteiger partial charge in [-0.1, -0.05) is 6.07 Å². The summed E-state index contributed by atoms with van der Waals surface area (Å²) in [6.07, 6.45) is 1.56. The number of pyridine rings is 1. The molecule has 0 radical (unpaired) electrons. The van der Waals surface area contributed by atoms with E-state index in [1.165, 1.54) is 6.07 Å². The minimum atomic E-state index is -0.820. The predicted molar refractivity (Wildman–Crippen MR) is 96.7 cm³/mol. The van der Waals surface area contributed by atoms with Crippen LogP contribution in [-0.2, 0) is 4.79 Å². The Balaban J connectivity index is 1.68. The minimum absolute atomic E-state index is 0.0558. The Labute approximate surface area is 154 Å². The maximum Gasteiger partial charge on any atom is 0.276 e. The molecule has 0 aliphatic heterocycles. The summed E-state index contributed by atoms with van der Waals surface area (Å²) < 4.78 is 37.3. The number of fused-ring (bicyclic) bond motifs is 1. The van der Waals surface area contributed by atoms with Gasteiger partial charge in [0.05, 0.1) is 12.8 Å². The standard InChI is InChI=1S/C19H17F2N3O3/c1-11-3-6-16(26-2)19-18(11)15(7-8-22-19)27-10-17(25)24-23-14-5-4-12(20)9-13(14)21/h3-9,23H,10H2,1-2H3,(H,24,25). The molecule has 0 aliphatic carbocycles. The van der Waals surface area contributed by atoms with E-state index >= 15 is 0 Å². The van der Waals surface area contributed by atoms with Gasteiger partial charge in [0.1, 0.15) is 22.8 Å². The number of rotatable bonds is 6. The number of hydrogen-bond acceptors (Lipinski definition) is 5. The van der Waals surface area contributed by atoms with Crippen molar-refractivity contribution in [3.05, 3.63) is 59.8 Å². The smallest absolute Gasteiger partial charge is 0.276 e. The Morgan fingerprint density at radius 1 is 1.15 bits per heavy atom. The third-order valence-electron chi connectivity index (χ3n) is 3.87. The summed E-state index contributed by atoms with van der Waals surface area (Å²) >= 11 is 0. The minimum Gasteiger partial charge on any atom is -0.494 e. The molecule has 1 heterocycles. The fourth-order valence-electron chi connectivity index (χ4n) is 2.57. The molecule has 0 saturated carbocycles. The van der Waals surface area contributed by atoms with Crippen LogP contribution in [-0.4, -0.2) is 24.6 Å². The fourth-order valence-corrected chi connectivity index (χ4v) is 2.57. The van der Waals surface area contributed by atoms with Gasteiger partial charge in [-0.05, 0) is 36.8 Å². The number of ether oxygens (including phenoxy) is 2. The normalized spacial score (nSPS) is 10.5. The molecule has 0 saturated heterocycles. The van der Waals surface area contributed by atoms with Gasteiger partial charge in [-0.25, -0.2) is 8.78 Å². The molecule has 1 aromatic heterocycles. The monoisotopic (exact) mass is 373 g/mol. The zero-order valence-corrected chi connectivity index (χ0v) is 14.7. The van der Waals surface area contributed by atoms with Gasteiger partial charge in [0, 0.05) is 17.6 Å². The molecule has 6 nitrogen and oxygen atoms in total. The van der Waals surface area contributed by atoms with Gasteiger partial charge in [-0.2, -0.15) is 0 Å². The van der Waals surface area contributed by atoms with Gasteiger partial charge in [0.2, 0.25) is 0 Å². The molecule has 3 rings (SSSR count). The average Bonchev–Trinajstić information content (AvgIpc) is 2.66. The molecule has 0 atom stereocenters. The third-order valence-corrected chi connectivity index (χ3v) is 3.87. The Morgan fingerprint density at radius 3 is 2.70 bits per heavy atom. The van der Waals surface area contributed by atoms with Crippen LogP contribution in [0, 0.1) is 18.6 Å². The molecule has 0 unspecified atom stereocenters. The van der Waals surface area contributed by atoms with Gasteiger partial charge < -0.3 is 9.47 Å². The van der Waals surface area contributed by atoms with Gasteiger partial charge in [-0.3, -0.25) is 20.6 Å². The highest BCUT2D eigenvalue weighted by atomic mass is 19.1. The van der Waals surface area contributed by atoms with Gasteiger partial charge in [0.15, 0.2) is 12.4 Å². The van der Waals surface area contributed by atoms with Crippen LogP contribution in [0.1, 0.15) is 5.56 Å². The Kier molecular flexibility index (Phi) is 5.35. The number of nitrogens with one attached hydrogen (secondary N) is 2. The predicted octanol–water partition coefficient (Wildman–Crippen LogP) is 3.35. The van der Waals surface area contributed by atoms with Crippen molar-refractivity contribution in [2.45, 2.75) is 6.92 Å². The van der Waals surface area contributed by atoms with Crippen LogP contribution in [0.4, 0.5) is 14.5 Å². The summed E-state index contributed by atoms with van der Waals surface area (Å²) in [7, 11) is 1.55. The highest BCUT2D eigenvalue weighted by molar-refractivity contribution is 5.92. The second kappa shape index (κ2) is 7.86. The van der Waals surface area contributed by atoms with Crippen LogP contribution in [0.3, 0.4) is 0 Å². The first-order valence-electron chi connectivity index (χ1n) is 8.04. The van der Waals surface area contributed by atoms with Crippen LogP contribution in [0.25, 0.3) is 10.9 Å². The second-order valence-corrected chi connectivity index (χ2v) is 5.70. The molecule has 0 fully saturated rings. The lowest BCUT2D eigenvalue weighted by Gasteiger charge is -2.13. The number of aromatic nitrogens is 1. The Bertz CT molecular complexity index is 995. The molecular weight excluding hydrogens is 356 g/mol. The summed E-state index contributed by atoms with van der Waals surface area (Å²) in [6, 6.07) is 8.29. The molecular formula is C19H17F2N3O3. The number of methoxy groups -OCH3 is 1. The molecule has 140 valence electrons. The van der Waals surface area contributed by atoms with E-state index in [0.29, 0.717) is 23.1 Å². The first-order valence-corrected chi connectivity index (χ1v) is 8.04. The molecule has 1 amide bonds. The van der Waals surface area contributed by atoms with Crippen molar-refractivity contribution < 1.29 is 23.0 Å². The number of aryl methyl sites for hydroxylation is 1. The number of halogens is 2. The first-order chi connectivity index (χ1) is 13.0. The van der Waals surface area contributed by atoms with E-state index in [2.05, 4.69) is 15.8 Å². The summed E-state index contributed by atoms with van der Waals surface area (Å²) in [5.41, 5.74) is 6.18. The summed E-state index contributed by atoms with van der Waals surface area (Å²) in [5, 5.41) is 0.738. The number of benzene rings is 2. The van der Waals surface area contributed by atoms with Crippen molar-refractivity contribution in [3.8, 4) is 11.5 Å². The number of hydrogen-bond donors (Lipinski definition) is 2. The molecule has 0 spiro atoms. The summed E-state index contributed by atoms with van der Waals surface area (Å²) in [6.45, 7) is 1.58. The second-order valence-electron chi connectivity index (χ2n) is 5.70. The third kappa shape index (κ3) is 4.05. The zero-order valence-electron chi connectivity index (χ0n) is 14.7. The number of carbonyl (C=O) groups excluding carboxylic acids is 1. The van der Waals surface area contributed by atoms with Crippen molar-refractivity contribution in [1.82, 2.24) is 10.4 Å². The molecule has 2 N–H and O–H groups in total. The van der Waals surface area contributed by atoms with Crippen LogP contribution in [0.5, 0.6) is 11.5 Å². The maximum atomic E-state index is 13.5. The van der Waals surface area contributed by atoms with Gasteiger partial charge in [-0.15, -0.1) is 0 Å². The van der Waals surface area contributed by atoms with Gasteiger partial charge >= 0.3 is 0 Å². The van der Waals surface area contributed by atoms with E-state index in [-0.39, 0.29) is 12.3 Å². The molecule has 2 aromatic carbocycles. The molecule has 0 aliphatic rings. The van der Waals surface area contributed by atoms with Crippen LogP contribution >= 0.6 is 0 Å². The van der Waals surface area contributed by atoms with Crippen molar-refractivity contribution in [2.75, 3.05) is 19.1 Å². The lowest BCUT2D eigenvalue weighted by atomic mass is 10.1. The highest BCUT2D eigenvalue weighted by Gasteiger charge is 2.12. The number of carbonyl (C=O) groups is 1. The van der Waals surface area contributed by atoms with Crippen molar-refractivity contribution in [2.24, 2.45) is 0 Å². The van der Waals surface area contributed by atoms with E-state index in [4.69, 9.17) is 9.47 Å². The topological polar surface area (TPSA) is 72.5 Å². The highest BCUT2D eigenvalue weighted by Crippen LogP contribution is 2.33. The van der Waals surface area contributed by atoms with E-state index in [1.807, 2.05) is 19.1 Å². The fraction of sp³-hybridized carbons (Fsp3) is 0.158. The molecule has 27 heavy (non-hydrogen) atoms. The summed E-state index contributed by atoms with van der Waals surface area (Å²) in [4.78, 5) is 16.3. The van der Waals surface area contributed by atoms with E-state index in [1.54, 1.807) is 19.4 Å². The largest absolute Gasteiger partial charge is 0.494 e. The van der Waals surface area contributed by atoms with Crippen LogP contribution in [0.15, 0.2) is 42.6 Å². The SMILES string of the molecule is COc1ccc(C)c2c(OCC(=O)NNc3ccc(F)cc3F)ccnc12. The summed E-state index contributed by atoms with van der Waals surface area (Å²) in [5.74, 6) is -0.996. The van der Waals surface area contributed by atoms with Crippen molar-refractivity contribution >= 4 is 22.5 Å². The molecule has 8 heteroatoms. The van der Waals surface area contributed by atoms with E-state index in [0.717, 1.165) is 17.0 Å². The van der Waals surface area contributed by atoms with Crippen LogP contribution in [0.2, 0.25) is 0 Å². The zero-order chi connectivity index (χ0) is 19.4. The Morgan fingerprint density at radius 2 is 1.96 bits per heavy atom. The first kappa shape index (κ1) is 18.4. The van der Waals surface area contributed by atoms with Crippen molar-refractivity contribution in [3.63, 3.8) is 0 Å². The van der Waals surface area contributed by atoms with Crippen molar-refractivity contribution in [1.29, 1.82) is 0 Å². The quantitative estimate of drug-likeness (QED) is 0.649. The number of anilines is 1. The lowest BCUT2D eigenvalue weighted by molar-refractivity contribution is -0.122. The number of amides is 1.